The number of H-pyrrole nitrogens is 1. The van der Waals surface area contributed by atoms with Crippen LogP contribution in [0.5, 0.6) is 11.5 Å². The number of rotatable bonds is 6. The highest BCUT2D eigenvalue weighted by atomic mass is 32.2. The maximum atomic E-state index is 12.0. The molecule has 26 heavy (non-hydrogen) atoms. The van der Waals surface area contributed by atoms with Crippen LogP contribution in [0.2, 0.25) is 0 Å². The number of nitrogens with one attached hydrogen (secondary N) is 2. The summed E-state index contributed by atoms with van der Waals surface area (Å²) in [7, 11) is 1.60. The number of carbonyl (C=O) groups is 2. The number of amides is 1. The summed E-state index contributed by atoms with van der Waals surface area (Å²) in [5.41, 5.74) is 2.29. The molecule has 0 spiro atoms. The monoisotopic (exact) mass is 371 g/mol. The van der Waals surface area contributed by atoms with Crippen LogP contribution in [-0.4, -0.2) is 34.7 Å². The third-order valence-corrected chi connectivity index (χ3v) is 4.25. The summed E-state index contributed by atoms with van der Waals surface area (Å²) in [4.78, 5) is 30.5. The van der Waals surface area contributed by atoms with Gasteiger partial charge >= 0.3 is 5.97 Å². The van der Waals surface area contributed by atoms with Crippen molar-refractivity contribution in [3.8, 4) is 11.5 Å². The van der Waals surface area contributed by atoms with Crippen molar-refractivity contribution in [1.29, 1.82) is 0 Å². The Balaban J connectivity index is 1.56. The quantitative estimate of drug-likeness (QED) is 0.393. The third kappa shape index (κ3) is 4.54. The number of carbonyl (C=O) groups excluding carboxylic acids is 2. The number of methoxy groups -OCH3 is 1. The fraction of sp³-hybridized carbons (Fsp3) is 0.167. The molecule has 0 atom stereocenters. The minimum Gasteiger partial charge on any atom is -0.497 e. The second-order valence-corrected chi connectivity index (χ2v) is 6.36. The number of esters is 1. The van der Waals surface area contributed by atoms with Crippen LogP contribution in [0, 0.1) is 0 Å². The minimum absolute atomic E-state index is 0.115. The van der Waals surface area contributed by atoms with Gasteiger partial charge in [-0.2, -0.15) is 0 Å². The standard InChI is InChI=1S/C18H17N3O4S/c1-11(22)19-12-3-5-13(6-4-12)25-17(23)10-26-18-20-15-8-7-14(24-2)9-16(15)21-18/h3-9H,10H2,1-2H3,(H,19,22)(H,20,21). The van der Waals surface area contributed by atoms with Crippen LogP contribution in [0.15, 0.2) is 47.6 Å². The van der Waals surface area contributed by atoms with E-state index >= 15 is 0 Å². The number of benzene rings is 2. The van der Waals surface area contributed by atoms with Gasteiger partial charge in [-0.25, -0.2) is 4.98 Å². The first-order valence-electron chi connectivity index (χ1n) is 7.78. The lowest BCUT2D eigenvalue weighted by atomic mass is 10.3. The molecule has 1 aromatic heterocycles. The van der Waals surface area contributed by atoms with Crippen LogP contribution < -0.4 is 14.8 Å². The van der Waals surface area contributed by atoms with E-state index in [0.29, 0.717) is 16.6 Å². The number of hydrogen-bond donors (Lipinski definition) is 2. The molecule has 2 N–H and O–H groups in total. The highest BCUT2D eigenvalue weighted by Crippen LogP contribution is 2.23. The van der Waals surface area contributed by atoms with Gasteiger partial charge in [-0.1, -0.05) is 11.8 Å². The van der Waals surface area contributed by atoms with Gasteiger partial charge in [0, 0.05) is 18.7 Å². The summed E-state index contributed by atoms with van der Waals surface area (Å²) >= 11 is 1.26. The topological polar surface area (TPSA) is 93.3 Å². The fourth-order valence-corrected chi connectivity index (χ4v) is 2.92. The first kappa shape index (κ1) is 17.8. The van der Waals surface area contributed by atoms with Gasteiger partial charge in [-0.15, -0.1) is 0 Å². The number of anilines is 1. The van der Waals surface area contributed by atoms with Crippen molar-refractivity contribution in [2.24, 2.45) is 0 Å². The van der Waals surface area contributed by atoms with Crippen molar-refractivity contribution in [2.45, 2.75) is 12.1 Å². The summed E-state index contributed by atoms with van der Waals surface area (Å²) in [6.45, 7) is 1.43. The van der Waals surface area contributed by atoms with E-state index < -0.39 is 0 Å². The number of fused-ring (bicyclic) bond motifs is 1. The predicted molar refractivity (Wildman–Crippen MR) is 99.8 cm³/mol. The van der Waals surface area contributed by atoms with Crippen molar-refractivity contribution in [3.05, 3.63) is 42.5 Å². The molecular weight excluding hydrogens is 354 g/mol. The zero-order valence-corrected chi connectivity index (χ0v) is 15.1. The van der Waals surface area contributed by atoms with E-state index in [2.05, 4.69) is 15.3 Å². The van der Waals surface area contributed by atoms with Crippen molar-refractivity contribution >= 4 is 40.4 Å². The van der Waals surface area contributed by atoms with E-state index in [1.54, 1.807) is 31.4 Å². The number of ether oxygens (including phenoxy) is 2. The number of aromatic nitrogens is 2. The minimum atomic E-state index is -0.389. The highest BCUT2D eigenvalue weighted by Gasteiger charge is 2.10. The zero-order valence-electron chi connectivity index (χ0n) is 14.2. The second-order valence-electron chi connectivity index (χ2n) is 5.39. The van der Waals surface area contributed by atoms with Crippen LogP contribution in [0.4, 0.5) is 5.69 Å². The second kappa shape index (κ2) is 7.92. The summed E-state index contributed by atoms with van der Waals surface area (Å²) in [6, 6.07) is 12.1. The van der Waals surface area contributed by atoms with Gasteiger partial charge < -0.3 is 19.8 Å². The number of imidazole rings is 1. The van der Waals surface area contributed by atoms with E-state index in [9.17, 15) is 9.59 Å². The van der Waals surface area contributed by atoms with Gasteiger partial charge in [0.1, 0.15) is 11.5 Å². The van der Waals surface area contributed by atoms with E-state index in [1.165, 1.54) is 18.7 Å². The molecule has 0 bridgehead atoms. The molecule has 1 amide bonds. The predicted octanol–water partition coefficient (Wildman–Crippen LogP) is 3.23. The van der Waals surface area contributed by atoms with Gasteiger partial charge in [0.05, 0.1) is 23.9 Å². The van der Waals surface area contributed by atoms with Crippen LogP contribution >= 0.6 is 11.8 Å². The van der Waals surface area contributed by atoms with E-state index in [-0.39, 0.29) is 17.6 Å². The first-order chi connectivity index (χ1) is 12.5. The van der Waals surface area contributed by atoms with Gasteiger partial charge in [0.2, 0.25) is 5.91 Å². The fourth-order valence-electron chi connectivity index (χ4n) is 2.26. The molecule has 7 nitrogen and oxygen atoms in total. The lowest BCUT2D eigenvalue weighted by Gasteiger charge is -2.05. The van der Waals surface area contributed by atoms with Crippen molar-refractivity contribution in [3.63, 3.8) is 0 Å². The third-order valence-electron chi connectivity index (χ3n) is 3.40. The number of hydrogen-bond acceptors (Lipinski definition) is 6. The smallest absolute Gasteiger partial charge is 0.321 e. The number of thioether (sulfide) groups is 1. The van der Waals surface area contributed by atoms with Crippen LogP contribution in [0.1, 0.15) is 6.92 Å². The molecule has 0 aliphatic carbocycles. The summed E-state index contributed by atoms with van der Waals surface area (Å²) in [5.74, 6) is 0.721. The zero-order chi connectivity index (χ0) is 18.5. The SMILES string of the molecule is COc1ccc2nc(SCC(=O)Oc3ccc(NC(C)=O)cc3)[nH]c2c1. The van der Waals surface area contributed by atoms with Gasteiger partial charge in [0.25, 0.3) is 0 Å². The molecule has 3 aromatic rings. The average Bonchev–Trinajstić information content (AvgIpc) is 3.03. The van der Waals surface area contributed by atoms with Crippen molar-refractivity contribution in [2.75, 3.05) is 18.2 Å². The number of aromatic amines is 1. The molecule has 0 aliphatic heterocycles. The molecule has 0 aliphatic rings. The van der Waals surface area contributed by atoms with Crippen LogP contribution in [-0.2, 0) is 9.59 Å². The Kier molecular flexibility index (Phi) is 5.43. The molecule has 8 heteroatoms. The molecule has 0 unspecified atom stereocenters. The maximum absolute atomic E-state index is 12.0. The van der Waals surface area contributed by atoms with E-state index in [4.69, 9.17) is 9.47 Å². The summed E-state index contributed by atoms with van der Waals surface area (Å²) in [6.07, 6.45) is 0. The molecule has 0 saturated carbocycles. The Hall–Kier alpha value is -3.00. The Morgan fingerprint density at radius 3 is 2.58 bits per heavy atom. The normalized spacial score (nSPS) is 10.5. The highest BCUT2D eigenvalue weighted by molar-refractivity contribution is 7.99. The average molecular weight is 371 g/mol. The molecule has 3 rings (SSSR count). The number of nitrogens with zero attached hydrogens (tertiary/aromatic N) is 1. The van der Waals surface area contributed by atoms with Crippen molar-refractivity contribution in [1.82, 2.24) is 9.97 Å². The molecule has 2 aromatic carbocycles. The lowest BCUT2D eigenvalue weighted by Crippen LogP contribution is -2.11. The van der Waals surface area contributed by atoms with Crippen LogP contribution in [0.3, 0.4) is 0 Å². The van der Waals surface area contributed by atoms with Gasteiger partial charge in [-0.3, -0.25) is 9.59 Å². The van der Waals surface area contributed by atoms with E-state index in [0.717, 1.165) is 16.8 Å². The largest absolute Gasteiger partial charge is 0.497 e. The summed E-state index contributed by atoms with van der Waals surface area (Å²) in [5, 5.41) is 3.28. The molecule has 134 valence electrons. The van der Waals surface area contributed by atoms with Crippen LogP contribution in [0.25, 0.3) is 11.0 Å². The Labute approximate surface area is 154 Å². The lowest BCUT2D eigenvalue weighted by molar-refractivity contribution is -0.131. The summed E-state index contributed by atoms with van der Waals surface area (Å²) < 4.78 is 10.4. The van der Waals surface area contributed by atoms with Gasteiger partial charge in [0.15, 0.2) is 5.16 Å². The molecular formula is C18H17N3O4S. The maximum Gasteiger partial charge on any atom is 0.321 e. The molecule has 0 saturated heterocycles. The molecule has 0 radical (unpaired) electrons. The molecule has 0 fully saturated rings. The Morgan fingerprint density at radius 2 is 1.88 bits per heavy atom. The van der Waals surface area contributed by atoms with Crippen molar-refractivity contribution < 1.29 is 19.1 Å². The van der Waals surface area contributed by atoms with E-state index in [1.807, 2.05) is 18.2 Å². The Morgan fingerprint density at radius 1 is 1.15 bits per heavy atom. The Bertz CT molecular complexity index is 937. The first-order valence-corrected chi connectivity index (χ1v) is 8.77. The van der Waals surface area contributed by atoms with Gasteiger partial charge in [-0.05, 0) is 36.4 Å². The molecule has 1 heterocycles.